The number of nitrogens with zero attached hydrogens (tertiary/aromatic N) is 1. The van der Waals surface area contributed by atoms with E-state index in [-0.39, 0.29) is 5.91 Å². The van der Waals surface area contributed by atoms with E-state index in [1.54, 1.807) is 18.2 Å². The largest absolute Gasteiger partial charge is 0.490 e. The third kappa shape index (κ3) is 4.63. The summed E-state index contributed by atoms with van der Waals surface area (Å²) in [5, 5.41) is 2.75. The fourth-order valence-corrected chi connectivity index (χ4v) is 2.55. The predicted molar refractivity (Wildman–Crippen MR) is 84.6 cm³/mol. The summed E-state index contributed by atoms with van der Waals surface area (Å²) in [5.74, 6) is 0.545. The monoisotopic (exact) mass is 291 g/mol. The minimum absolute atomic E-state index is 0.107. The first kappa shape index (κ1) is 15.6. The van der Waals surface area contributed by atoms with Gasteiger partial charge in [0, 0.05) is 18.7 Å². The molecule has 2 rings (SSSR count). The molecule has 1 aromatic rings. The van der Waals surface area contributed by atoms with Gasteiger partial charge in [-0.2, -0.15) is 0 Å². The highest BCUT2D eigenvalue weighted by atomic mass is 16.5. The van der Waals surface area contributed by atoms with Gasteiger partial charge >= 0.3 is 0 Å². The Morgan fingerprint density at radius 3 is 2.76 bits per heavy atom. The fraction of sp³-hybridized carbons (Fsp3) is 0.562. The maximum Gasteiger partial charge on any atom is 0.251 e. The van der Waals surface area contributed by atoms with Gasteiger partial charge in [0.1, 0.15) is 12.4 Å². The van der Waals surface area contributed by atoms with Crippen LogP contribution in [0.1, 0.15) is 36.5 Å². The number of amides is 1. The lowest BCUT2D eigenvalue weighted by Gasteiger charge is -2.26. The van der Waals surface area contributed by atoms with Gasteiger partial charge in [-0.3, -0.25) is 9.69 Å². The number of benzene rings is 1. The first-order valence-corrected chi connectivity index (χ1v) is 7.73. The average Bonchev–Trinajstić information content (AvgIpc) is 2.50. The molecular formula is C16H25N3O2. The van der Waals surface area contributed by atoms with Crippen molar-refractivity contribution in [1.82, 2.24) is 10.2 Å². The highest BCUT2D eigenvalue weighted by Crippen LogP contribution is 2.22. The standard InChI is InChI=1S/C16H25N3O2/c1-2-18-16(20)13-6-7-15(14(17)12-13)21-11-10-19-8-4-3-5-9-19/h6-7,12H,2-5,8-11,17H2,1H3,(H,18,20). The highest BCUT2D eigenvalue weighted by Gasteiger charge is 2.11. The zero-order chi connectivity index (χ0) is 15.1. The molecular weight excluding hydrogens is 266 g/mol. The van der Waals surface area contributed by atoms with Crippen molar-refractivity contribution < 1.29 is 9.53 Å². The van der Waals surface area contributed by atoms with Crippen molar-refractivity contribution >= 4 is 11.6 Å². The summed E-state index contributed by atoms with van der Waals surface area (Å²) in [4.78, 5) is 14.1. The third-order valence-electron chi connectivity index (χ3n) is 3.72. The molecule has 1 heterocycles. The maximum atomic E-state index is 11.7. The van der Waals surface area contributed by atoms with Crippen LogP contribution in [-0.2, 0) is 0 Å². The number of nitrogen functional groups attached to an aromatic ring is 1. The second-order valence-electron chi connectivity index (χ2n) is 5.36. The lowest BCUT2D eigenvalue weighted by molar-refractivity contribution is 0.0956. The van der Waals surface area contributed by atoms with Crippen molar-refractivity contribution in [2.75, 3.05) is 38.5 Å². The van der Waals surface area contributed by atoms with Crippen LogP contribution in [0.4, 0.5) is 5.69 Å². The molecule has 0 unspecified atom stereocenters. The number of carbonyl (C=O) groups is 1. The fourth-order valence-electron chi connectivity index (χ4n) is 2.55. The molecule has 0 atom stereocenters. The number of likely N-dealkylation sites (tertiary alicyclic amines) is 1. The molecule has 0 aliphatic carbocycles. The van der Waals surface area contributed by atoms with E-state index in [4.69, 9.17) is 10.5 Å². The van der Waals surface area contributed by atoms with Crippen LogP contribution in [0.25, 0.3) is 0 Å². The Hall–Kier alpha value is -1.75. The van der Waals surface area contributed by atoms with Crippen LogP contribution in [0.3, 0.4) is 0 Å². The lowest BCUT2D eigenvalue weighted by Crippen LogP contribution is -2.33. The Balaban J connectivity index is 1.84. The number of carbonyl (C=O) groups excluding carboxylic acids is 1. The van der Waals surface area contributed by atoms with Gasteiger partial charge in [-0.25, -0.2) is 0 Å². The normalized spacial score (nSPS) is 15.7. The topological polar surface area (TPSA) is 67.6 Å². The maximum absolute atomic E-state index is 11.7. The van der Waals surface area contributed by atoms with E-state index in [0.717, 1.165) is 19.6 Å². The second-order valence-corrected chi connectivity index (χ2v) is 5.36. The number of piperidine rings is 1. The van der Waals surface area contributed by atoms with Crippen molar-refractivity contribution in [2.45, 2.75) is 26.2 Å². The number of nitrogens with one attached hydrogen (secondary N) is 1. The van der Waals surface area contributed by atoms with E-state index in [2.05, 4.69) is 10.2 Å². The van der Waals surface area contributed by atoms with E-state index in [1.807, 2.05) is 6.92 Å². The Morgan fingerprint density at radius 1 is 1.33 bits per heavy atom. The van der Waals surface area contributed by atoms with Crippen molar-refractivity contribution in [2.24, 2.45) is 0 Å². The van der Waals surface area contributed by atoms with Gasteiger partial charge in [0.05, 0.1) is 5.69 Å². The zero-order valence-electron chi connectivity index (χ0n) is 12.7. The molecule has 0 radical (unpaired) electrons. The van der Waals surface area contributed by atoms with Gasteiger partial charge < -0.3 is 15.8 Å². The minimum Gasteiger partial charge on any atom is -0.490 e. The molecule has 0 aromatic heterocycles. The SMILES string of the molecule is CCNC(=O)c1ccc(OCCN2CCCCC2)c(N)c1. The molecule has 0 spiro atoms. The summed E-state index contributed by atoms with van der Waals surface area (Å²) in [5.41, 5.74) is 7.03. The lowest BCUT2D eigenvalue weighted by atomic mass is 10.1. The van der Waals surface area contributed by atoms with E-state index in [9.17, 15) is 4.79 Å². The van der Waals surface area contributed by atoms with E-state index < -0.39 is 0 Å². The van der Waals surface area contributed by atoms with Crippen LogP contribution in [0.2, 0.25) is 0 Å². The van der Waals surface area contributed by atoms with Gasteiger partial charge in [-0.15, -0.1) is 0 Å². The highest BCUT2D eigenvalue weighted by molar-refractivity contribution is 5.95. The first-order valence-electron chi connectivity index (χ1n) is 7.73. The van der Waals surface area contributed by atoms with Gasteiger partial charge in [0.15, 0.2) is 0 Å². The Kier molecular flexibility index (Phi) is 5.87. The third-order valence-corrected chi connectivity index (χ3v) is 3.72. The van der Waals surface area contributed by atoms with Gasteiger partial charge in [-0.1, -0.05) is 6.42 Å². The molecule has 1 aliphatic heterocycles. The number of rotatable bonds is 6. The van der Waals surface area contributed by atoms with Crippen LogP contribution in [0.15, 0.2) is 18.2 Å². The molecule has 21 heavy (non-hydrogen) atoms. The van der Waals surface area contributed by atoms with Crippen molar-refractivity contribution in [3.8, 4) is 5.75 Å². The molecule has 3 N–H and O–H groups in total. The summed E-state index contributed by atoms with van der Waals surface area (Å²) < 4.78 is 5.74. The molecule has 116 valence electrons. The molecule has 0 bridgehead atoms. The summed E-state index contributed by atoms with van der Waals surface area (Å²) in [7, 11) is 0. The zero-order valence-corrected chi connectivity index (χ0v) is 12.7. The minimum atomic E-state index is -0.107. The molecule has 1 aromatic carbocycles. The van der Waals surface area contributed by atoms with Gasteiger partial charge in [0.25, 0.3) is 5.91 Å². The van der Waals surface area contributed by atoms with Gasteiger partial charge in [-0.05, 0) is 51.1 Å². The molecule has 1 aliphatic rings. The Labute approximate surface area is 126 Å². The van der Waals surface area contributed by atoms with Crippen LogP contribution in [-0.4, -0.2) is 43.6 Å². The molecule has 1 fully saturated rings. The molecule has 1 saturated heterocycles. The Bertz CT molecular complexity index is 471. The second kappa shape index (κ2) is 7.88. The summed E-state index contributed by atoms with van der Waals surface area (Å²) >= 11 is 0. The van der Waals surface area contributed by atoms with Crippen molar-refractivity contribution in [1.29, 1.82) is 0 Å². The van der Waals surface area contributed by atoms with E-state index >= 15 is 0 Å². The van der Waals surface area contributed by atoms with Crippen LogP contribution < -0.4 is 15.8 Å². The molecule has 5 heteroatoms. The number of anilines is 1. The average molecular weight is 291 g/mol. The smallest absolute Gasteiger partial charge is 0.251 e. The predicted octanol–water partition coefficient (Wildman–Crippen LogP) is 1.88. The summed E-state index contributed by atoms with van der Waals surface area (Å²) in [6.07, 6.45) is 3.90. The summed E-state index contributed by atoms with van der Waals surface area (Å²) in [6, 6.07) is 5.19. The quantitative estimate of drug-likeness (QED) is 0.785. The van der Waals surface area contributed by atoms with E-state index in [1.165, 1.54) is 19.3 Å². The Morgan fingerprint density at radius 2 is 2.10 bits per heavy atom. The summed E-state index contributed by atoms with van der Waals surface area (Å²) in [6.45, 7) is 6.37. The van der Waals surface area contributed by atoms with Crippen molar-refractivity contribution in [3.05, 3.63) is 23.8 Å². The number of hydrogen-bond donors (Lipinski definition) is 2. The number of hydrogen-bond acceptors (Lipinski definition) is 4. The first-order chi connectivity index (χ1) is 10.2. The molecule has 0 saturated carbocycles. The van der Waals surface area contributed by atoms with E-state index in [0.29, 0.717) is 30.2 Å². The molecule has 1 amide bonds. The number of nitrogens with two attached hydrogens (primary N) is 1. The van der Waals surface area contributed by atoms with Crippen LogP contribution in [0.5, 0.6) is 5.75 Å². The van der Waals surface area contributed by atoms with Gasteiger partial charge in [0.2, 0.25) is 0 Å². The van der Waals surface area contributed by atoms with Crippen LogP contribution >= 0.6 is 0 Å². The molecule has 5 nitrogen and oxygen atoms in total. The van der Waals surface area contributed by atoms with Crippen molar-refractivity contribution in [3.63, 3.8) is 0 Å². The van der Waals surface area contributed by atoms with Crippen LogP contribution in [0, 0.1) is 0 Å². The number of ether oxygens (including phenoxy) is 1.